The van der Waals surface area contributed by atoms with E-state index in [0.717, 1.165) is 60.8 Å². The van der Waals surface area contributed by atoms with Crippen LogP contribution in [0.2, 0.25) is 0 Å². The van der Waals surface area contributed by atoms with Crippen LogP contribution in [0.1, 0.15) is 56.7 Å². The van der Waals surface area contributed by atoms with Crippen LogP contribution in [0.15, 0.2) is 54.7 Å². The second-order valence-corrected chi connectivity index (χ2v) is 16.5. The zero-order valence-corrected chi connectivity index (χ0v) is 28.4. The summed E-state index contributed by atoms with van der Waals surface area (Å²) in [6, 6.07) is 18.2. The summed E-state index contributed by atoms with van der Waals surface area (Å²) in [6.45, 7) is 1.90. The van der Waals surface area contributed by atoms with Crippen molar-refractivity contribution in [1.82, 2.24) is 14.8 Å². The molecule has 9 heteroatoms. The third kappa shape index (κ3) is 9.96. The van der Waals surface area contributed by atoms with Crippen LogP contribution in [0.25, 0.3) is 0 Å². The van der Waals surface area contributed by atoms with Gasteiger partial charge in [-0.05, 0) is 80.4 Å². The van der Waals surface area contributed by atoms with E-state index in [1.54, 1.807) is 18.0 Å². The van der Waals surface area contributed by atoms with Gasteiger partial charge in [-0.3, -0.25) is 9.78 Å². The largest absolute Gasteiger partial charge is 0.505 e. The number of carbonyl (C=O) groups is 1. The van der Waals surface area contributed by atoms with Crippen molar-refractivity contribution in [3.8, 4) is 5.75 Å². The van der Waals surface area contributed by atoms with E-state index < -0.39 is 0 Å². The van der Waals surface area contributed by atoms with E-state index in [1.807, 2.05) is 11.8 Å². The lowest BCUT2D eigenvalue weighted by molar-refractivity contribution is 0.112. The molecule has 5 rings (SSSR count). The first-order valence-electron chi connectivity index (χ1n) is 14.3. The van der Waals surface area contributed by atoms with Crippen LogP contribution in [-0.4, -0.2) is 70.0 Å². The van der Waals surface area contributed by atoms with Gasteiger partial charge in [0.2, 0.25) is 0 Å². The minimum absolute atomic E-state index is 0.0525. The quantitative estimate of drug-likeness (QED) is 0.169. The molecule has 3 heterocycles. The Bertz CT molecular complexity index is 1230. The number of nitrogens with zero attached hydrogens (tertiary/aromatic N) is 3. The number of hydrogen-bond donors (Lipinski definition) is 1. The zero-order chi connectivity index (χ0) is 30.0. The number of thioether (sulfide) groups is 4. The number of aromatic nitrogens is 1. The first-order valence-corrected chi connectivity index (χ1v) is 18.6. The number of aromatic hydroxyl groups is 1. The van der Waals surface area contributed by atoms with Crippen LogP contribution in [-0.2, 0) is 36.1 Å². The topological polar surface area (TPSA) is 56.7 Å². The summed E-state index contributed by atoms with van der Waals surface area (Å²) in [7, 11) is 8.42. The van der Waals surface area contributed by atoms with Gasteiger partial charge in [0.1, 0.15) is 5.75 Å². The summed E-state index contributed by atoms with van der Waals surface area (Å²) < 4.78 is 0.0525. The van der Waals surface area contributed by atoms with Crippen LogP contribution in [0.5, 0.6) is 5.75 Å². The van der Waals surface area contributed by atoms with Gasteiger partial charge in [-0.15, -0.1) is 23.5 Å². The second-order valence-electron chi connectivity index (χ2n) is 11.3. The van der Waals surface area contributed by atoms with Gasteiger partial charge in [-0.2, -0.15) is 23.5 Å². The highest BCUT2D eigenvalue weighted by Crippen LogP contribution is 2.48. The van der Waals surface area contributed by atoms with Crippen molar-refractivity contribution >= 4 is 53.3 Å². The van der Waals surface area contributed by atoms with E-state index in [1.165, 1.54) is 22.3 Å². The number of rotatable bonds is 11. The fourth-order valence-corrected chi connectivity index (χ4v) is 10.4. The molecule has 0 fully saturated rings. The van der Waals surface area contributed by atoms with Crippen LogP contribution in [0, 0.1) is 0 Å². The summed E-state index contributed by atoms with van der Waals surface area (Å²) in [5, 5.41) is 10.7. The molecule has 2 aliphatic heterocycles. The minimum atomic E-state index is 0.0525. The van der Waals surface area contributed by atoms with Gasteiger partial charge in [0.25, 0.3) is 0 Å². The van der Waals surface area contributed by atoms with Crippen molar-refractivity contribution in [2.45, 2.75) is 53.0 Å². The third-order valence-corrected chi connectivity index (χ3v) is 12.7. The van der Waals surface area contributed by atoms with Crippen LogP contribution in [0.4, 0.5) is 0 Å². The standard InChI is InChI=1S/C33H43N3O2S4/c1-35(2)18-25-5-9-27(10-6-25)21-41-33(42-22-28-11-7-26(8-12-28)19-36(3)4)13-15-39-23-29-17-34-31(24-40-16-14-33)32(38)30(29)20-37/h5-12,17,20,38H,13-16,18-19,21-24H2,1-4H3. The molecular weight excluding hydrogens is 599 g/mol. The molecule has 0 amide bonds. The Balaban J connectivity index is 1.52. The van der Waals surface area contributed by atoms with Crippen molar-refractivity contribution in [3.05, 3.63) is 93.8 Å². The monoisotopic (exact) mass is 641 g/mol. The Morgan fingerprint density at radius 2 is 1.29 bits per heavy atom. The molecule has 3 aromatic rings. The van der Waals surface area contributed by atoms with Crippen molar-refractivity contribution < 1.29 is 9.90 Å². The number of fused-ring (bicyclic) bond motifs is 10. The Hall–Kier alpha value is -1.62. The molecule has 5 nitrogen and oxygen atoms in total. The molecule has 2 aliphatic rings. The van der Waals surface area contributed by atoms with Gasteiger partial charge in [-0.1, -0.05) is 48.5 Å². The normalized spacial score (nSPS) is 15.8. The Morgan fingerprint density at radius 3 is 1.76 bits per heavy atom. The van der Waals surface area contributed by atoms with E-state index >= 15 is 0 Å². The Morgan fingerprint density at radius 1 is 0.810 bits per heavy atom. The molecule has 1 N–H and O–H groups in total. The average molecular weight is 642 g/mol. The lowest BCUT2D eigenvalue weighted by Gasteiger charge is -2.33. The van der Waals surface area contributed by atoms with Crippen LogP contribution in [0.3, 0.4) is 0 Å². The molecular formula is C33H43N3O2S4. The second kappa shape index (κ2) is 16.5. The zero-order valence-electron chi connectivity index (χ0n) is 25.2. The van der Waals surface area contributed by atoms with Gasteiger partial charge in [0.05, 0.1) is 15.3 Å². The molecule has 226 valence electrons. The average Bonchev–Trinajstić information content (AvgIpc) is 2.99. The summed E-state index contributed by atoms with van der Waals surface area (Å²) in [5.41, 5.74) is 7.23. The highest BCUT2D eigenvalue weighted by Gasteiger charge is 2.31. The fourth-order valence-electron chi connectivity index (χ4n) is 4.85. The molecule has 0 spiro atoms. The molecule has 0 radical (unpaired) electrons. The van der Waals surface area contributed by atoms with Crippen molar-refractivity contribution in [2.24, 2.45) is 0 Å². The van der Waals surface area contributed by atoms with E-state index in [0.29, 0.717) is 22.8 Å². The fraction of sp³-hybridized carbons (Fsp3) is 0.455. The minimum Gasteiger partial charge on any atom is -0.505 e. The summed E-state index contributed by atoms with van der Waals surface area (Å²) in [4.78, 5) is 20.7. The summed E-state index contributed by atoms with van der Waals surface area (Å²) >= 11 is 7.80. The lowest BCUT2D eigenvalue weighted by atomic mass is 10.1. The maximum absolute atomic E-state index is 11.8. The van der Waals surface area contributed by atoms with E-state index in [4.69, 9.17) is 0 Å². The van der Waals surface area contributed by atoms with Crippen molar-refractivity contribution in [2.75, 3.05) is 39.7 Å². The number of carbonyl (C=O) groups excluding carboxylic acids is 1. The van der Waals surface area contributed by atoms with E-state index in [9.17, 15) is 9.90 Å². The number of hydrogen-bond acceptors (Lipinski definition) is 9. The van der Waals surface area contributed by atoms with Crippen LogP contribution < -0.4 is 0 Å². The lowest BCUT2D eigenvalue weighted by Crippen LogP contribution is -2.23. The number of pyridine rings is 1. The Labute approximate surface area is 269 Å². The van der Waals surface area contributed by atoms with Gasteiger partial charge < -0.3 is 14.9 Å². The van der Waals surface area contributed by atoms with Crippen molar-refractivity contribution in [1.29, 1.82) is 0 Å². The molecule has 0 atom stereocenters. The van der Waals surface area contributed by atoms with Gasteiger partial charge in [0.15, 0.2) is 6.29 Å². The number of benzene rings is 2. The van der Waals surface area contributed by atoms with Gasteiger partial charge in [0, 0.05) is 42.3 Å². The van der Waals surface area contributed by atoms with Crippen LogP contribution >= 0.6 is 47.0 Å². The van der Waals surface area contributed by atoms with Gasteiger partial charge >= 0.3 is 0 Å². The first kappa shape index (κ1) is 33.3. The van der Waals surface area contributed by atoms with Gasteiger partial charge in [-0.25, -0.2) is 0 Å². The molecule has 0 unspecified atom stereocenters. The molecule has 2 bridgehead atoms. The van der Waals surface area contributed by atoms with E-state index in [-0.39, 0.29) is 9.83 Å². The maximum atomic E-state index is 11.8. The predicted octanol–water partition coefficient (Wildman–Crippen LogP) is 7.55. The molecule has 0 aliphatic carbocycles. The molecule has 42 heavy (non-hydrogen) atoms. The Kier molecular flexibility index (Phi) is 13.0. The summed E-state index contributed by atoms with van der Waals surface area (Å²) in [5.74, 6) is 5.23. The highest BCUT2D eigenvalue weighted by molar-refractivity contribution is 8.17. The molecule has 0 saturated carbocycles. The van der Waals surface area contributed by atoms with Crippen molar-refractivity contribution in [3.63, 3.8) is 0 Å². The third-order valence-electron chi connectivity index (χ3n) is 7.17. The first-order chi connectivity index (χ1) is 20.3. The molecule has 2 aromatic carbocycles. The number of aldehydes is 1. The van der Waals surface area contributed by atoms with E-state index in [2.05, 4.69) is 115 Å². The predicted molar refractivity (Wildman–Crippen MR) is 186 cm³/mol. The SMILES string of the molecule is CN(C)Cc1ccc(CSC2(SCc3ccc(CN(C)C)cc3)CCSCc3cnc(c(O)c3C=O)CSCC2)cc1. The molecule has 1 aromatic heterocycles. The highest BCUT2D eigenvalue weighted by atomic mass is 32.2. The maximum Gasteiger partial charge on any atom is 0.154 e. The molecule has 0 saturated heterocycles. The summed E-state index contributed by atoms with van der Waals surface area (Å²) in [6.07, 6.45) is 4.69. The smallest absolute Gasteiger partial charge is 0.154 e.